The van der Waals surface area contributed by atoms with Crippen LogP contribution in [0.15, 0.2) is 16.6 Å². The predicted octanol–water partition coefficient (Wildman–Crippen LogP) is 2.73. The lowest BCUT2D eigenvalue weighted by molar-refractivity contribution is -0.141. The minimum Gasteiger partial charge on any atom is -0.507 e. The first-order chi connectivity index (χ1) is 6.93. The van der Waals surface area contributed by atoms with E-state index in [1.54, 1.807) is 19.9 Å². The number of benzene rings is 1. The normalized spacial score (nSPS) is 12.5. The molecule has 0 aliphatic carbocycles. The molecule has 0 aliphatic rings. The van der Waals surface area contributed by atoms with Crippen molar-refractivity contribution in [3.63, 3.8) is 0 Å². The van der Waals surface area contributed by atoms with E-state index in [0.717, 1.165) is 10.0 Å². The molecule has 0 aliphatic heterocycles. The third-order valence-corrected chi connectivity index (χ3v) is 3.10. The first-order valence-corrected chi connectivity index (χ1v) is 5.42. The number of carboxylic acids is 1. The van der Waals surface area contributed by atoms with Crippen molar-refractivity contribution >= 4 is 21.9 Å². The van der Waals surface area contributed by atoms with Crippen LogP contribution in [0.1, 0.15) is 18.1 Å². The van der Waals surface area contributed by atoms with Crippen LogP contribution in [0.3, 0.4) is 0 Å². The van der Waals surface area contributed by atoms with Crippen molar-refractivity contribution in [1.82, 2.24) is 0 Å². The Hall–Kier alpha value is -1.03. The summed E-state index contributed by atoms with van der Waals surface area (Å²) in [6.07, 6.45) is 0.323. The number of aliphatic carboxylic acids is 1. The van der Waals surface area contributed by atoms with Crippen molar-refractivity contribution in [1.29, 1.82) is 0 Å². The molecule has 0 bridgehead atoms. The van der Waals surface area contributed by atoms with Gasteiger partial charge < -0.3 is 10.2 Å². The van der Waals surface area contributed by atoms with E-state index in [0.29, 0.717) is 12.0 Å². The Bertz CT molecular complexity index is 388. The molecule has 1 rings (SSSR count). The van der Waals surface area contributed by atoms with Crippen molar-refractivity contribution in [2.24, 2.45) is 5.92 Å². The van der Waals surface area contributed by atoms with E-state index in [4.69, 9.17) is 5.11 Å². The fourth-order valence-electron chi connectivity index (χ4n) is 1.32. The molecule has 2 N–H and O–H groups in total. The second kappa shape index (κ2) is 4.66. The van der Waals surface area contributed by atoms with Gasteiger partial charge in [0.25, 0.3) is 0 Å². The molecule has 82 valence electrons. The molecule has 0 aromatic heterocycles. The summed E-state index contributed by atoms with van der Waals surface area (Å²) in [5.74, 6) is -1.19. The quantitative estimate of drug-likeness (QED) is 0.890. The van der Waals surface area contributed by atoms with Gasteiger partial charge in [-0.1, -0.05) is 28.9 Å². The molecule has 1 atom stereocenters. The second-order valence-electron chi connectivity index (χ2n) is 3.63. The summed E-state index contributed by atoms with van der Waals surface area (Å²) in [6.45, 7) is 3.41. The van der Waals surface area contributed by atoms with Gasteiger partial charge in [-0.25, -0.2) is 0 Å². The zero-order chi connectivity index (χ0) is 11.6. The van der Waals surface area contributed by atoms with Gasteiger partial charge in [-0.05, 0) is 25.0 Å². The molecule has 1 unspecified atom stereocenters. The smallest absolute Gasteiger partial charge is 0.306 e. The standard InChI is InChI=1S/C11H13BrO3/c1-6-3-4-9(12)8(10(6)13)5-7(2)11(14)15/h3-4,7,13H,5H2,1-2H3,(H,14,15). The topological polar surface area (TPSA) is 57.5 Å². The summed E-state index contributed by atoms with van der Waals surface area (Å²) in [6, 6.07) is 3.60. The highest BCUT2D eigenvalue weighted by atomic mass is 79.9. The Morgan fingerprint density at radius 2 is 2.13 bits per heavy atom. The number of phenols is 1. The van der Waals surface area contributed by atoms with Crippen LogP contribution in [0.25, 0.3) is 0 Å². The van der Waals surface area contributed by atoms with Gasteiger partial charge in [-0.15, -0.1) is 0 Å². The van der Waals surface area contributed by atoms with Gasteiger partial charge in [0.2, 0.25) is 0 Å². The number of halogens is 1. The summed E-state index contributed by atoms with van der Waals surface area (Å²) >= 11 is 3.31. The van der Waals surface area contributed by atoms with Crippen LogP contribution in [0, 0.1) is 12.8 Å². The number of aryl methyl sites for hydroxylation is 1. The lowest BCUT2D eigenvalue weighted by Gasteiger charge is -2.12. The fourth-order valence-corrected chi connectivity index (χ4v) is 1.80. The van der Waals surface area contributed by atoms with Crippen molar-refractivity contribution in [3.05, 3.63) is 27.7 Å². The Balaban J connectivity index is 3.03. The molecule has 1 aromatic carbocycles. The Kier molecular flexibility index (Phi) is 3.74. The van der Waals surface area contributed by atoms with Crippen LogP contribution >= 0.6 is 15.9 Å². The molecule has 15 heavy (non-hydrogen) atoms. The Morgan fingerprint density at radius 1 is 1.53 bits per heavy atom. The van der Waals surface area contributed by atoms with E-state index in [9.17, 15) is 9.90 Å². The number of hydrogen-bond acceptors (Lipinski definition) is 2. The van der Waals surface area contributed by atoms with E-state index in [1.165, 1.54) is 0 Å². The highest BCUT2D eigenvalue weighted by Crippen LogP contribution is 2.31. The lowest BCUT2D eigenvalue weighted by Crippen LogP contribution is -2.12. The van der Waals surface area contributed by atoms with Gasteiger partial charge in [0.1, 0.15) is 5.75 Å². The second-order valence-corrected chi connectivity index (χ2v) is 4.49. The molecular formula is C11H13BrO3. The molecule has 0 spiro atoms. The third kappa shape index (κ3) is 2.72. The van der Waals surface area contributed by atoms with E-state index < -0.39 is 11.9 Å². The zero-order valence-electron chi connectivity index (χ0n) is 8.62. The van der Waals surface area contributed by atoms with Gasteiger partial charge >= 0.3 is 5.97 Å². The molecule has 1 aromatic rings. The largest absolute Gasteiger partial charge is 0.507 e. The highest BCUT2D eigenvalue weighted by molar-refractivity contribution is 9.10. The van der Waals surface area contributed by atoms with E-state index in [1.807, 2.05) is 6.07 Å². The average Bonchev–Trinajstić information content (AvgIpc) is 2.18. The zero-order valence-corrected chi connectivity index (χ0v) is 10.2. The van der Waals surface area contributed by atoms with Gasteiger partial charge in [-0.2, -0.15) is 0 Å². The number of carbonyl (C=O) groups is 1. The summed E-state index contributed by atoms with van der Waals surface area (Å²) in [5.41, 5.74) is 1.41. The Labute approximate surface area is 96.9 Å². The molecule has 0 saturated heterocycles. The Morgan fingerprint density at radius 3 is 2.67 bits per heavy atom. The predicted molar refractivity (Wildman–Crippen MR) is 61.0 cm³/mol. The highest BCUT2D eigenvalue weighted by Gasteiger charge is 2.17. The summed E-state index contributed by atoms with van der Waals surface area (Å²) < 4.78 is 0.749. The maximum atomic E-state index is 10.7. The SMILES string of the molecule is Cc1ccc(Br)c(CC(C)C(=O)O)c1O. The molecule has 0 fully saturated rings. The maximum Gasteiger partial charge on any atom is 0.306 e. The molecule has 0 amide bonds. The van der Waals surface area contributed by atoms with Gasteiger partial charge in [-0.3, -0.25) is 4.79 Å². The average molecular weight is 273 g/mol. The number of hydrogen-bond donors (Lipinski definition) is 2. The summed E-state index contributed by atoms with van der Waals surface area (Å²) in [5, 5.41) is 18.6. The maximum absolute atomic E-state index is 10.7. The number of rotatable bonds is 3. The molecule has 3 nitrogen and oxygen atoms in total. The van der Waals surface area contributed by atoms with Crippen LogP contribution in [0.2, 0.25) is 0 Å². The molecule has 4 heteroatoms. The first-order valence-electron chi connectivity index (χ1n) is 4.63. The van der Waals surface area contributed by atoms with Gasteiger partial charge in [0.15, 0.2) is 0 Å². The van der Waals surface area contributed by atoms with Crippen LogP contribution in [-0.4, -0.2) is 16.2 Å². The third-order valence-electron chi connectivity index (χ3n) is 2.36. The minimum atomic E-state index is -0.859. The molecule has 0 saturated carbocycles. The number of phenolic OH excluding ortho intramolecular Hbond substituents is 1. The van der Waals surface area contributed by atoms with E-state index >= 15 is 0 Å². The molecule has 0 radical (unpaired) electrons. The lowest BCUT2D eigenvalue weighted by atomic mass is 9.99. The fraction of sp³-hybridized carbons (Fsp3) is 0.364. The van der Waals surface area contributed by atoms with Crippen LogP contribution in [0.4, 0.5) is 0 Å². The van der Waals surface area contributed by atoms with Crippen LogP contribution in [-0.2, 0) is 11.2 Å². The van der Waals surface area contributed by atoms with Crippen molar-refractivity contribution in [2.45, 2.75) is 20.3 Å². The van der Waals surface area contributed by atoms with Crippen molar-refractivity contribution < 1.29 is 15.0 Å². The van der Waals surface area contributed by atoms with E-state index in [2.05, 4.69) is 15.9 Å². The van der Waals surface area contributed by atoms with Gasteiger partial charge in [0, 0.05) is 10.0 Å². The summed E-state index contributed by atoms with van der Waals surface area (Å²) in [4.78, 5) is 10.7. The van der Waals surface area contributed by atoms with Gasteiger partial charge in [0.05, 0.1) is 5.92 Å². The molecule has 0 heterocycles. The van der Waals surface area contributed by atoms with Crippen LogP contribution < -0.4 is 0 Å². The minimum absolute atomic E-state index is 0.178. The van der Waals surface area contributed by atoms with Crippen molar-refractivity contribution in [3.8, 4) is 5.75 Å². The number of aromatic hydroxyl groups is 1. The van der Waals surface area contributed by atoms with E-state index in [-0.39, 0.29) is 5.75 Å². The van der Waals surface area contributed by atoms with Crippen molar-refractivity contribution in [2.75, 3.05) is 0 Å². The first kappa shape index (κ1) is 12.0. The number of carboxylic acid groups (broad SMARTS) is 1. The summed E-state index contributed by atoms with van der Waals surface area (Å²) in [7, 11) is 0. The molecular weight excluding hydrogens is 260 g/mol. The monoisotopic (exact) mass is 272 g/mol. The van der Waals surface area contributed by atoms with Crippen LogP contribution in [0.5, 0.6) is 5.75 Å².